The third kappa shape index (κ3) is 5.92. The van der Waals surface area contributed by atoms with E-state index in [1.54, 1.807) is 6.20 Å². The van der Waals surface area contributed by atoms with Crippen LogP contribution in [-0.2, 0) is 19.3 Å². The van der Waals surface area contributed by atoms with Gasteiger partial charge in [-0.25, -0.2) is 0 Å². The molecule has 3 rings (SSSR count). The summed E-state index contributed by atoms with van der Waals surface area (Å²) in [7, 11) is 0. The molecule has 150 valence electrons. The van der Waals surface area contributed by atoms with Crippen molar-refractivity contribution in [1.29, 1.82) is 0 Å². The minimum atomic E-state index is -4.46. The number of thiocarbonyl (C=S) groups is 1. The molecule has 0 spiro atoms. The zero-order valence-corrected chi connectivity index (χ0v) is 16.7. The molecule has 0 saturated heterocycles. The average molecular weight is 436 g/mol. The molecule has 3 nitrogen and oxygen atoms in total. The second-order valence-corrected chi connectivity index (χ2v) is 7.08. The van der Waals surface area contributed by atoms with Crippen molar-refractivity contribution in [2.24, 2.45) is 0 Å². The fraction of sp³-hybridized carbons (Fsp3) is 0.143. The van der Waals surface area contributed by atoms with Gasteiger partial charge in [0.2, 0.25) is 0 Å². The molecule has 0 aliphatic carbocycles. The zero-order valence-electron chi connectivity index (χ0n) is 15.2. The van der Waals surface area contributed by atoms with Crippen LogP contribution in [0.3, 0.4) is 0 Å². The van der Waals surface area contributed by atoms with Crippen molar-refractivity contribution in [2.45, 2.75) is 19.3 Å². The van der Waals surface area contributed by atoms with Gasteiger partial charge in [-0.15, -0.1) is 0 Å². The van der Waals surface area contributed by atoms with E-state index >= 15 is 0 Å². The molecule has 0 saturated carbocycles. The summed E-state index contributed by atoms with van der Waals surface area (Å²) in [4.78, 5) is 6.20. The molecule has 0 fully saturated rings. The Labute approximate surface area is 177 Å². The van der Waals surface area contributed by atoms with Crippen LogP contribution in [0.2, 0.25) is 5.02 Å². The highest BCUT2D eigenvalue weighted by Gasteiger charge is 2.31. The lowest BCUT2D eigenvalue weighted by Gasteiger charge is -2.26. The first kappa shape index (κ1) is 21.1. The lowest BCUT2D eigenvalue weighted by Crippen LogP contribution is -2.34. The van der Waals surface area contributed by atoms with Gasteiger partial charge in [-0.3, -0.25) is 4.98 Å². The number of alkyl halides is 3. The summed E-state index contributed by atoms with van der Waals surface area (Å²) in [6.45, 7) is 0.932. The van der Waals surface area contributed by atoms with E-state index in [0.29, 0.717) is 23.9 Å². The van der Waals surface area contributed by atoms with E-state index in [-0.39, 0.29) is 5.02 Å². The van der Waals surface area contributed by atoms with Gasteiger partial charge in [-0.2, -0.15) is 13.2 Å². The molecule has 0 atom stereocenters. The van der Waals surface area contributed by atoms with Crippen LogP contribution in [0.4, 0.5) is 18.9 Å². The highest BCUT2D eigenvalue weighted by molar-refractivity contribution is 7.80. The lowest BCUT2D eigenvalue weighted by atomic mass is 10.2. The topological polar surface area (TPSA) is 28.2 Å². The maximum atomic E-state index is 12.9. The van der Waals surface area contributed by atoms with Gasteiger partial charge in [0.1, 0.15) is 0 Å². The number of benzene rings is 2. The van der Waals surface area contributed by atoms with Gasteiger partial charge >= 0.3 is 6.18 Å². The second-order valence-electron chi connectivity index (χ2n) is 6.29. The van der Waals surface area contributed by atoms with E-state index in [2.05, 4.69) is 10.3 Å². The van der Waals surface area contributed by atoms with E-state index in [0.717, 1.165) is 23.4 Å². The van der Waals surface area contributed by atoms with Crippen molar-refractivity contribution in [3.63, 3.8) is 0 Å². The van der Waals surface area contributed by atoms with Crippen molar-refractivity contribution in [1.82, 2.24) is 9.88 Å². The fourth-order valence-corrected chi connectivity index (χ4v) is 3.14. The van der Waals surface area contributed by atoms with E-state index in [1.807, 2.05) is 53.4 Å². The number of halogens is 4. The summed E-state index contributed by atoms with van der Waals surface area (Å²) in [6.07, 6.45) is -2.76. The number of anilines is 1. The molecule has 29 heavy (non-hydrogen) atoms. The summed E-state index contributed by atoms with van der Waals surface area (Å²) < 4.78 is 38.6. The summed E-state index contributed by atoms with van der Waals surface area (Å²) in [6, 6.07) is 18.4. The van der Waals surface area contributed by atoms with E-state index < -0.39 is 11.7 Å². The Bertz CT molecular complexity index is 924. The van der Waals surface area contributed by atoms with E-state index in [4.69, 9.17) is 23.8 Å². The minimum Gasteiger partial charge on any atom is -0.339 e. The van der Waals surface area contributed by atoms with Crippen molar-refractivity contribution in [2.75, 3.05) is 5.32 Å². The number of hydrogen-bond donors (Lipinski definition) is 1. The van der Waals surface area contributed by atoms with Gasteiger partial charge in [-0.05, 0) is 48.1 Å². The molecule has 0 unspecified atom stereocenters. The summed E-state index contributed by atoms with van der Waals surface area (Å²) in [5, 5.41) is 3.24. The molecule has 1 N–H and O–H groups in total. The van der Waals surface area contributed by atoms with Gasteiger partial charge in [0.25, 0.3) is 0 Å². The Morgan fingerprint density at radius 1 is 1.00 bits per heavy atom. The molecular formula is C21H17ClF3N3S. The first-order valence-corrected chi connectivity index (χ1v) is 9.48. The Balaban J connectivity index is 1.80. The molecule has 0 amide bonds. The Morgan fingerprint density at radius 2 is 1.72 bits per heavy atom. The van der Waals surface area contributed by atoms with Crippen molar-refractivity contribution < 1.29 is 13.2 Å². The number of hydrogen-bond acceptors (Lipinski definition) is 2. The third-order valence-electron chi connectivity index (χ3n) is 4.12. The van der Waals surface area contributed by atoms with Crippen LogP contribution in [0, 0.1) is 0 Å². The number of aromatic nitrogens is 1. The minimum absolute atomic E-state index is 0.0559. The molecular weight excluding hydrogens is 419 g/mol. The predicted octanol–water partition coefficient (Wildman–Crippen LogP) is 6.15. The van der Waals surface area contributed by atoms with Gasteiger partial charge < -0.3 is 10.2 Å². The SMILES string of the molecule is FC(F)(F)c1ccc(NC(=S)N(Cc2ccccc2)Cc2ccccn2)c(Cl)c1. The van der Waals surface area contributed by atoms with Crippen LogP contribution in [0.25, 0.3) is 0 Å². The van der Waals surface area contributed by atoms with Crippen LogP contribution >= 0.6 is 23.8 Å². The van der Waals surface area contributed by atoms with Gasteiger partial charge in [0.05, 0.1) is 28.5 Å². The largest absolute Gasteiger partial charge is 0.416 e. The molecule has 2 aromatic carbocycles. The zero-order chi connectivity index (χ0) is 20.9. The van der Waals surface area contributed by atoms with E-state index in [9.17, 15) is 13.2 Å². The highest BCUT2D eigenvalue weighted by Crippen LogP contribution is 2.33. The van der Waals surface area contributed by atoms with Crippen LogP contribution in [-0.4, -0.2) is 15.0 Å². The molecule has 0 bridgehead atoms. The summed E-state index contributed by atoms with van der Waals surface area (Å²) in [5.41, 5.74) is 1.34. The lowest BCUT2D eigenvalue weighted by molar-refractivity contribution is -0.137. The Kier molecular flexibility index (Phi) is 6.71. The monoisotopic (exact) mass is 435 g/mol. The van der Waals surface area contributed by atoms with Crippen LogP contribution in [0.5, 0.6) is 0 Å². The smallest absolute Gasteiger partial charge is 0.339 e. The van der Waals surface area contributed by atoms with Gasteiger partial charge in [0, 0.05) is 12.7 Å². The van der Waals surface area contributed by atoms with Crippen molar-refractivity contribution in [3.05, 3.63) is 94.8 Å². The van der Waals surface area contributed by atoms with Crippen molar-refractivity contribution in [3.8, 4) is 0 Å². The maximum Gasteiger partial charge on any atom is 0.416 e. The Hall–Kier alpha value is -2.64. The molecule has 3 aromatic rings. The van der Waals surface area contributed by atoms with E-state index in [1.165, 1.54) is 6.07 Å². The number of nitrogens with one attached hydrogen (secondary N) is 1. The van der Waals surface area contributed by atoms with Gasteiger partial charge in [0.15, 0.2) is 5.11 Å². The first-order valence-electron chi connectivity index (χ1n) is 8.69. The molecule has 1 aromatic heterocycles. The quantitative estimate of drug-likeness (QED) is 0.486. The molecule has 0 aliphatic rings. The Morgan fingerprint density at radius 3 is 2.34 bits per heavy atom. The van der Waals surface area contributed by atoms with Gasteiger partial charge in [-0.1, -0.05) is 48.0 Å². The average Bonchev–Trinajstić information content (AvgIpc) is 2.70. The fourth-order valence-electron chi connectivity index (χ4n) is 2.68. The molecule has 0 radical (unpaired) electrons. The number of nitrogens with zero attached hydrogens (tertiary/aromatic N) is 2. The highest BCUT2D eigenvalue weighted by atomic mass is 35.5. The first-order chi connectivity index (χ1) is 13.8. The normalized spacial score (nSPS) is 11.2. The standard InChI is InChI=1S/C21H17ClF3N3S/c22-18-12-16(21(23,24)25)9-10-19(18)27-20(29)28(13-15-6-2-1-3-7-15)14-17-8-4-5-11-26-17/h1-12H,13-14H2,(H,27,29). The summed E-state index contributed by atoms with van der Waals surface area (Å²) in [5.74, 6) is 0. The van der Waals surface area contributed by atoms with Crippen LogP contribution < -0.4 is 5.32 Å². The van der Waals surface area contributed by atoms with Crippen LogP contribution in [0.1, 0.15) is 16.8 Å². The maximum absolute atomic E-state index is 12.9. The van der Waals surface area contributed by atoms with Crippen molar-refractivity contribution >= 4 is 34.6 Å². The second kappa shape index (κ2) is 9.24. The third-order valence-corrected chi connectivity index (χ3v) is 4.79. The predicted molar refractivity (Wildman–Crippen MR) is 113 cm³/mol. The number of pyridine rings is 1. The molecule has 8 heteroatoms. The molecule has 1 heterocycles. The molecule has 0 aliphatic heterocycles. The number of rotatable bonds is 5. The van der Waals surface area contributed by atoms with Crippen LogP contribution in [0.15, 0.2) is 72.9 Å². The summed E-state index contributed by atoms with van der Waals surface area (Å²) >= 11 is 11.6.